The van der Waals surface area contributed by atoms with E-state index in [1.165, 1.54) is 50.2 Å². The van der Waals surface area contributed by atoms with Crippen LogP contribution in [-0.4, -0.2) is 50.6 Å². The number of anilines is 1. The van der Waals surface area contributed by atoms with Crippen molar-refractivity contribution in [3.8, 4) is 23.0 Å². The van der Waals surface area contributed by atoms with E-state index >= 15 is 0 Å². The van der Waals surface area contributed by atoms with Crippen molar-refractivity contribution in [2.24, 2.45) is 0 Å². The van der Waals surface area contributed by atoms with Crippen LogP contribution in [0.5, 0.6) is 23.0 Å². The normalized spacial score (nSPS) is 43.4. The van der Waals surface area contributed by atoms with Crippen LogP contribution in [0.2, 0.25) is 37.5 Å². The first-order valence-electron chi connectivity index (χ1n) is 23.4. The van der Waals surface area contributed by atoms with E-state index in [0.29, 0.717) is 16.7 Å². The SMILES string of the molecule is CN(C)c1ccccc1.COc1c(C)cc(P(c2cc(C)c(OC)c(C)c2)[C]23[CH]4[CH]5[CH]6[C]2(C)[Fe]56432789[CH]3[CH]2[C]7(C)[C@]8(P(c2cc(C)c(OC)c(C)c2)c2cc(C)c(OC)c(C)c2)[CH]39)cc1C. The second kappa shape index (κ2) is 7.90. The quantitative estimate of drug-likeness (QED) is 0.0975. The van der Waals surface area contributed by atoms with Gasteiger partial charge in [0.05, 0.1) is 0 Å². The first-order chi connectivity index (χ1) is 30.2. The predicted octanol–water partition coefficient (Wildman–Crippen LogP) is 12.5. The molecule has 10 heterocycles. The average molecular weight is 936 g/mol. The van der Waals surface area contributed by atoms with Gasteiger partial charge in [0.15, 0.2) is 0 Å². The third kappa shape index (κ3) is 1.47. The van der Waals surface area contributed by atoms with Crippen molar-refractivity contribution in [3.63, 3.8) is 0 Å². The molecule has 10 atom stereocenters. The van der Waals surface area contributed by atoms with Crippen molar-refractivity contribution in [1.29, 1.82) is 0 Å². The number of methoxy groups -OCH3 is 4. The molecule has 338 valence electrons. The van der Waals surface area contributed by atoms with Gasteiger partial charge < -0.3 is 4.90 Å². The Balaban J connectivity index is 0.000000396. The van der Waals surface area contributed by atoms with Crippen molar-refractivity contribution >= 4 is 42.7 Å². The van der Waals surface area contributed by atoms with Crippen molar-refractivity contribution in [2.45, 2.75) is 115 Å². The fourth-order valence-electron chi connectivity index (χ4n) is 27.8. The van der Waals surface area contributed by atoms with Crippen LogP contribution in [0.4, 0.5) is 5.69 Å². The summed E-state index contributed by atoms with van der Waals surface area (Å²) in [6.07, 6.45) is 0. The zero-order valence-corrected chi connectivity index (χ0v) is 43.7. The van der Waals surface area contributed by atoms with Crippen molar-refractivity contribution in [1.82, 2.24) is 0 Å². The van der Waals surface area contributed by atoms with E-state index in [9.17, 15) is 0 Å². The van der Waals surface area contributed by atoms with Gasteiger partial charge in [-0.15, -0.1) is 0 Å². The van der Waals surface area contributed by atoms with Crippen molar-refractivity contribution < 1.29 is 25.5 Å². The number of hydrogen-bond donors (Lipinski definition) is 0. The topological polar surface area (TPSA) is 40.2 Å². The van der Waals surface area contributed by atoms with Crippen LogP contribution in [0.1, 0.15) is 58.4 Å². The molecule has 0 bridgehead atoms. The van der Waals surface area contributed by atoms with Gasteiger partial charge in [0, 0.05) is 19.8 Å². The van der Waals surface area contributed by atoms with Crippen molar-refractivity contribution in [2.75, 3.05) is 47.4 Å². The molecule has 0 radical (unpaired) electrons. The second-order valence-corrected chi connectivity index (χ2v) is 52.6. The van der Waals surface area contributed by atoms with Crippen LogP contribution in [0.3, 0.4) is 0 Å². The molecule has 0 aromatic heterocycles. The third-order valence-electron chi connectivity index (χ3n) is 26.1. The van der Waals surface area contributed by atoms with E-state index in [1.807, 2.05) is 60.7 Å². The number of aryl methyl sites for hydroxylation is 8. The Morgan fingerprint density at radius 2 is 0.703 bits per heavy atom. The Hall–Kier alpha value is -3.52. The standard InChI is InChI=1S/2C24H28O2P.C8H11N.Fe/c2*1-15-9-8-10-22(15)27(20-11-16(2)23(25-6)17(3)12-20)21-13-18(4)24(26-7)19(5)14-21;1-9(2)8-6-4-3-5-7-8;/h2*8-14H,1-7H3;3-7H,1-2H3;. The van der Waals surface area contributed by atoms with Gasteiger partial charge in [-0.3, -0.25) is 0 Å². The Morgan fingerprint density at radius 3 is 0.875 bits per heavy atom. The van der Waals surface area contributed by atoms with Gasteiger partial charge in [0.25, 0.3) is 0 Å². The van der Waals surface area contributed by atoms with Crippen LogP contribution in [0.15, 0.2) is 78.9 Å². The first-order valence-corrected chi connectivity index (χ1v) is 32.1. The molecule has 10 aliphatic heterocycles. The van der Waals surface area contributed by atoms with Crippen LogP contribution >= 0.6 is 15.8 Å². The summed E-state index contributed by atoms with van der Waals surface area (Å²) >= 11 is 0. The van der Waals surface area contributed by atoms with Gasteiger partial charge in [-0.25, -0.2) is 0 Å². The molecule has 10 aliphatic rings. The molecule has 15 rings (SSSR count). The van der Waals surface area contributed by atoms with Crippen LogP contribution in [-0.2, 0) is 6.51 Å². The molecule has 5 aromatic carbocycles. The monoisotopic (exact) mass is 935 g/mol. The zero-order chi connectivity index (χ0) is 45.3. The second-order valence-electron chi connectivity index (χ2n) is 23.9. The number of para-hydroxylation sites is 1. The summed E-state index contributed by atoms with van der Waals surface area (Å²) in [5.41, 5.74) is 11.6. The molecule has 5 aromatic rings. The summed E-state index contributed by atoms with van der Waals surface area (Å²) in [5.74, 6) is 4.22. The fourth-order valence-corrected chi connectivity index (χ4v) is 140. The number of nitrogens with zero attached hydrogens (tertiary/aromatic N) is 1. The molecule has 10 saturated heterocycles. The molecule has 9 unspecified atom stereocenters. The summed E-state index contributed by atoms with van der Waals surface area (Å²) < 4.78 is 26.2. The van der Waals surface area contributed by atoms with E-state index in [2.05, 4.69) is 135 Å². The summed E-state index contributed by atoms with van der Waals surface area (Å²) in [4.78, 5) is 8.41. The molecule has 1 spiro atoms. The third-order valence-corrected chi connectivity index (χ3v) is 86.2. The molecule has 64 heavy (non-hydrogen) atoms. The van der Waals surface area contributed by atoms with Gasteiger partial charge in [-0.05, 0) is 12.1 Å². The number of ether oxygens (including phenoxy) is 4. The summed E-state index contributed by atoms with van der Waals surface area (Å²) in [6.45, 7) is 19.7. The molecule has 0 saturated carbocycles. The summed E-state index contributed by atoms with van der Waals surface area (Å²) in [6, 6.07) is 31.0. The fraction of sp³-hybridized carbons (Fsp3) is 0.464. The summed E-state index contributed by atoms with van der Waals surface area (Å²) in [5, 5.41) is 6.50. The van der Waals surface area contributed by atoms with Gasteiger partial charge in [-0.1, -0.05) is 18.2 Å². The maximum absolute atomic E-state index is 6.03. The summed E-state index contributed by atoms with van der Waals surface area (Å²) in [7, 11) is 10.2. The number of hydrogen-bond acceptors (Lipinski definition) is 5. The van der Waals surface area contributed by atoms with Crippen molar-refractivity contribution in [3.05, 3.63) is 123 Å². The Labute approximate surface area is 374 Å². The number of fused-ring (bicyclic) bond motifs is 10. The van der Waals surface area contributed by atoms with E-state index in [1.54, 1.807) is 21.2 Å². The van der Waals surface area contributed by atoms with Crippen LogP contribution in [0.25, 0.3) is 0 Å². The van der Waals surface area contributed by atoms with Gasteiger partial charge in [0.1, 0.15) is 0 Å². The van der Waals surface area contributed by atoms with E-state index in [0.717, 1.165) is 51.9 Å². The molecular weight excluding hydrogens is 868 g/mol. The van der Waals surface area contributed by atoms with Gasteiger partial charge in [0.2, 0.25) is 0 Å². The number of rotatable bonds is 11. The average Bonchev–Trinajstić information content (AvgIpc) is 4.21. The molecule has 8 heteroatoms. The molecule has 0 aliphatic carbocycles. The number of benzene rings is 5. The van der Waals surface area contributed by atoms with E-state index in [4.69, 9.17) is 18.9 Å². The minimum absolute atomic E-state index is 0.495. The van der Waals surface area contributed by atoms with Crippen LogP contribution < -0.4 is 45.1 Å². The first kappa shape index (κ1) is 39.6. The molecule has 5 nitrogen and oxygen atoms in total. The Bertz CT molecular complexity index is 3090. The molecule has 0 N–H and O–H groups in total. The van der Waals surface area contributed by atoms with E-state index in [-0.39, 0.29) is 0 Å². The molecule has 10 fully saturated rings. The Kier molecular flexibility index (Phi) is 4.89. The van der Waals surface area contributed by atoms with Gasteiger partial charge >= 0.3 is 322 Å². The predicted molar refractivity (Wildman–Crippen MR) is 268 cm³/mol. The van der Waals surface area contributed by atoms with Crippen LogP contribution in [0, 0.1) is 55.4 Å². The Morgan fingerprint density at radius 1 is 0.438 bits per heavy atom. The van der Waals surface area contributed by atoms with E-state index < -0.39 is 22.4 Å². The minimum atomic E-state index is -4.61. The van der Waals surface area contributed by atoms with Gasteiger partial charge in [-0.2, -0.15) is 0 Å². The molecular formula is C56H67FeNO4P2. The maximum atomic E-state index is 6.03. The zero-order valence-electron chi connectivity index (χ0n) is 40.8. The molecule has 0 amide bonds.